The Morgan fingerprint density at radius 2 is 2.00 bits per heavy atom. The normalized spacial score (nSPS) is 16.2. The van der Waals surface area contributed by atoms with Crippen LogP contribution in [0.5, 0.6) is 0 Å². The molecule has 1 fully saturated rings. The molecule has 0 atom stereocenters. The molecule has 0 bridgehead atoms. The van der Waals surface area contributed by atoms with E-state index in [1.807, 2.05) is 29.2 Å². The number of carbonyl (C=O) groups is 1. The molecular formula is C18H25N3O3. The van der Waals surface area contributed by atoms with Gasteiger partial charge in [-0.15, -0.1) is 0 Å². The van der Waals surface area contributed by atoms with Crippen LogP contribution in [0.2, 0.25) is 0 Å². The number of amides is 1. The Morgan fingerprint density at radius 3 is 2.71 bits per heavy atom. The minimum Gasteiger partial charge on any atom is -0.378 e. The maximum Gasteiger partial charge on any atom is 0.326 e. The Balaban J connectivity index is 1.60. The van der Waals surface area contributed by atoms with Crippen LogP contribution in [0.1, 0.15) is 26.7 Å². The van der Waals surface area contributed by atoms with Gasteiger partial charge in [-0.25, -0.2) is 4.79 Å². The number of H-pyrrole nitrogens is 1. The van der Waals surface area contributed by atoms with Gasteiger partial charge in [-0.3, -0.25) is 9.36 Å². The Bertz CT molecular complexity index is 754. The van der Waals surface area contributed by atoms with Crippen molar-refractivity contribution in [3.8, 4) is 0 Å². The number of benzene rings is 1. The summed E-state index contributed by atoms with van der Waals surface area (Å²) < 4.78 is 7.37. The molecule has 1 aromatic heterocycles. The highest BCUT2D eigenvalue weighted by Crippen LogP contribution is 2.16. The summed E-state index contributed by atoms with van der Waals surface area (Å²) >= 11 is 0. The highest BCUT2D eigenvalue weighted by molar-refractivity contribution is 5.80. The van der Waals surface area contributed by atoms with Gasteiger partial charge in [-0.2, -0.15) is 0 Å². The number of aromatic nitrogens is 2. The zero-order valence-corrected chi connectivity index (χ0v) is 14.3. The van der Waals surface area contributed by atoms with Crippen molar-refractivity contribution < 1.29 is 9.53 Å². The van der Waals surface area contributed by atoms with Crippen molar-refractivity contribution in [2.45, 2.75) is 39.3 Å². The van der Waals surface area contributed by atoms with Crippen LogP contribution in [0.15, 0.2) is 29.1 Å². The molecule has 1 aliphatic heterocycles. The molecular weight excluding hydrogens is 306 g/mol. The number of nitrogens with one attached hydrogen (secondary N) is 1. The van der Waals surface area contributed by atoms with Gasteiger partial charge in [-0.1, -0.05) is 26.0 Å². The van der Waals surface area contributed by atoms with Crippen molar-refractivity contribution in [1.82, 2.24) is 14.5 Å². The molecule has 1 aromatic carbocycles. The standard InChI is InChI=1S/C18H25N3O3/c1-13(2)12-24-14-7-9-20(10-8-14)17(22)11-21-16-6-4-3-5-15(16)19-18(21)23/h3-6,13-14H,7-12H2,1-2H3,(H,19,23). The molecule has 3 rings (SSSR count). The van der Waals surface area contributed by atoms with E-state index in [4.69, 9.17) is 4.74 Å². The molecule has 1 aliphatic rings. The fraction of sp³-hybridized carbons (Fsp3) is 0.556. The van der Waals surface area contributed by atoms with Crippen molar-refractivity contribution in [3.05, 3.63) is 34.7 Å². The Labute approximate surface area is 141 Å². The summed E-state index contributed by atoms with van der Waals surface area (Å²) in [4.78, 5) is 29.2. The molecule has 0 radical (unpaired) electrons. The number of ether oxygens (including phenoxy) is 1. The van der Waals surface area contributed by atoms with Gasteiger partial charge in [0.2, 0.25) is 5.91 Å². The molecule has 1 N–H and O–H groups in total. The third-order valence-electron chi connectivity index (χ3n) is 4.43. The molecule has 2 aromatic rings. The number of carbonyl (C=O) groups excluding carboxylic acids is 1. The number of likely N-dealkylation sites (tertiary alicyclic amines) is 1. The predicted molar refractivity (Wildman–Crippen MR) is 93.0 cm³/mol. The summed E-state index contributed by atoms with van der Waals surface area (Å²) in [7, 11) is 0. The smallest absolute Gasteiger partial charge is 0.326 e. The molecule has 1 amide bonds. The number of para-hydroxylation sites is 2. The van der Waals surface area contributed by atoms with Crippen LogP contribution >= 0.6 is 0 Å². The van der Waals surface area contributed by atoms with Gasteiger partial charge in [0.05, 0.1) is 17.1 Å². The quantitative estimate of drug-likeness (QED) is 0.911. The average Bonchev–Trinajstić information content (AvgIpc) is 2.89. The summed E-state index contributed by atoms with van der Waals surface area (Å²) in [5, 5.41) is 0. The minimum atomic E-state index is -0.236. The second-order valence-corrected chi connectivity index (χ2v) is 6.84. The van der Waals surface area contributed by atoms with Gasteiger partial charge in [-0.05, 0) is 30.9 Å². The fourth-order valence-electron chi connectivity index (χ4n) is 3.10. The number of fused-ring (bicyclic) bond motifs is 1. The van der Waals surface area contributed by atoms with Crippen molar-refractivity contribution in [1.29, 1.82) is 0 Å². The Kier molecular flexibility index (Phi) is 5.04. The Hall–Kier alpha value is -2.08. The topological polar surface area (TPSA) is 67.3 Å². The highest BCUT2D eigenvalue weighted by atomic mass is 16.5. The van der Waals surface area contributed by atoms with E-state index in [2.05, 4.69) is 18.8 Å². The van der Waals surface area contributed by atoms with E-state index in [1.165, 1.54) is 4.57 Å². The van der Waals surface area contributed by atoms with E-state index in [9.17, 15) is 9.59 Å². The van der Waals surface area contributed by atoms with Crippen LogP contribution in [0, 0.1) is 5.92 Å². The number of imidazole rings is 1. The third-order valence-corrected chi connectivity index (χ3v) is 4.43. The summed E-state index contributed by atoms with van der Waals surface area (Å²) in [6, 6.07) is 7.43. The number of hydrogen-bond acceptors (Lipinski definition) is 3. The lowest BCUT2D eigenvalue weighted by Gasteiger charge is -2.32. The number of aromatic amines is 1. The van der Waals surface area contributed by atoms with Crippen molar-refractivity contribution in [3.63, 3.8) is 0 Å². The number of rotatable bonds is 5. The lowest BCUT2D eigenvalue weighted by Crippen LogP contribution is -2.43. The van der Waals surface area contributed by atoms with Gasteiger partial charge >= 0.3 is 5.69 Å². The van der Waals surface area contributed by atoms with Crippen molar-refractivity contribution in [2.24, 2.45) is 5.92 Å². The van der Waals surface area contributed by atoms with Gasteiger partial charge in [0.15, 0.2) is 0 Å². The van der Waals surface area contributed by atoms with Crippen LogP contribution in [-0.2, 0) is 16.1 Å². The lowest BCUT2D eigenvalue weighted by atomic mass is 10.1. The molecule has 0 spiro atoms. The van der Waals surface area contributed by atoms with E-state index in [-0.39, 0.29) is 24.2 Å². The maximum atomic E-state index is 12.5. The molecule has 0 saturated carbocycles. The summed E-state index contributed by atoms with van der Waals surface area (Å²) in [5.41, 5.74) is 1.29. The molecule has 1 saturated heterocycles. The molecule has 24 heavy (non-hydrogen) atoms. The zero-order chi connectivity index (χ0) is 17.1. The van der Waals surface area contributed by atoms with Crippen LogP contribution in [-0.4, -0.2) is 46.2 Å². The zero-order valence-electron chi connectivity index (χ0n) is 14.3. The summed E-state index contributed by atoms with van der Waals surface area (Å²) in [5.74, 6) is 0.516. The average molecular weight is 331 g/mol. The largest absolute Gasteiger partial charge is 0.378 e. The van der Waals surface area contributed by atoms with E-state index in [0.29, 0.717) is 19.0 Å². The van der Waals surface area contributed by atoms with Crippen molar-refractivity contribution >= 4 is 16.9 Å². The second kappa shape index (κ2) is 7.21. The van der Waals surface area contributed by atoms with E-state index in [0.717, 1.165) is 30.5 Å². The second-order valence-electron chi connectivity index (χ2n) is 6.84. The Morgan fingerprint density at radius 1 is 1.29 bits per heavy atom. The van der Waals surface area contributed by atoms with E-state index in [1.54, 1.807) is 0 Å². The monoisotopic (exact) mass is 331 g/mol. The van der Waals surface area contributed by atoms with Crippen LogP contribution < -0.4 is 5.69 Å². The fourth-order valence-corrected chi connectivity index (χ4v) is 3.10. The molecule has 0 unspecified atom stereocenters. The first-order valence-corrected chi connectivity index (χ1v) is 8.61. The SMILES string of the molecule is CC(C)COC1CCN(C(=O)Cn2c(=O)[nH]c3ccccc32)CC1. The van der Waals surface area contributed by atoms with Crippen LogP contribution in [0.4, 0.5) is 0 Å². The van der Waals surface area contributed by atoms with E-state index < -0.39 is 0 Å². The third kappa shape index (κ3) is 3.70. The lowest BCUT2D eigenvalue weighted by molar-refractivity contribution is -0.134. The van der Waals surface area contributed by atoms with E-state index >= 15 is 0 Å². The minimum absolute atomic E-state index is 0.0100. The van der Waals surface area contributed by atoms with Crippen molar-refractivity contribution in [2.75, 3.05) is 19.7 Å². The molecule has 6 nitrogen and oxygen atoms in total. The maximum absolute atomic E-state index is 12.5. The first-order valence-electron chi connectivity index (χ1n) is 8.61. The number of nitrogens with zero attached hydrogens (tertiary/aromatic N) is 2. The first kappa shape index (κ1) is 16.8. The highest BCUT2D eigenvalue weighted by Gasteiger charge is 2.24. The number of hydrogen-bond donors (Lipinski definition) is 1. The summed E-state index contributed by atoms with van der Waals surface area (Å²) in [6.45, 7) is 6.51. The summed E-state index contributed by atoms with van der Waals surface area (Å²) in [6.07, 6.45) is 1.97. The molecule has 0 aliphatic carbocycles. The van der Waals surface area contributed by atoms with Gasteiger partial charge in [0.25, 0.3) is 0 Å². The van der Waals surface area contributed by atoms with Crippen LogP contribution in [0.25, 0.3) is 11.0 Å². The number of piperidine rings is 1. The molecule has 130 valence electrons. The molecule has 6 heteroatoms. The molecule has 2 heterocycles. The first-order chi connectivity index (χ1) is 11.5. The van der Waals surface area contributed by atoms with Gasteiger partial charge in [0, 0.05) is 19.7 Å². The van der Waals surface area contributed by atoms with Crippen LogP contribution in [0.3, 0.4) is 0 Å². The predicted octanol–water partition coefficient (Wildman–Crippen LogP) is 1.99. The van der Waals surface area contributed by atoms with Gasteiger partial charge in [0.1, 0.15) is 6.54 Å². The van der Waals surface area contributed by atoms with Gasteiger partial charge < -0.3 is 14.6 Å².